The lowest BCUT2D eigenvalue weighted by Gasteiger charge is -2.37. The van der Waals surface area contributed by atoms with Crippen molar-refractivity contribution in [3.8, 4) is 0 Å². The summed E-state index contributed by atoms with van der Waals surface area (Å²) in [6.45, 7) is 2.92. The number of hydrogen-bond acceptors (Lipinski definition) is 3. The summed E-state index contributed by atoms with van der Waals surface area (Å²) in [5, 5.41) is 0.849. The molecule has 1 aliphatic heterocycles. The fraction of sp³-hybridized carbons (Fsp3) is 0.200. The van der Waals surface area contributed by atoms with E-state index >= 15 is 0 Å². The van der Waals surface area contributed by atoms with Gasteiger partial charge in [-0.05, 0) is 56.4 Å². The van der Waals surface area contributed by atoms with Gasteiger partial charge in [0.05, 0.1) is 5.71 Å². The molecule has 5 heteroatoms. The molecule has 0 unspecified atom stereocenters. The van der Waals surface area contributed by atoms with E-state index in [9.17, 15) is 8.78 Å². The lowest BCUT2D eigenvalue weighted by atomic mass is 9.81. The zero-order chi connectivity index (χ0) is 17.8. The second-order valence-corrected chi connectivity index (χ2v) is 7.05. The molecule has 126 valence electrons. The van der Waals surface area contributed by atoms with E-state index in [0.29, 0.717) is 21.6 Å². The predicted octanol–water partition coefficient (Wildman–Crippen LogP) is 5.88. The Morgan fingerprint density at radius 3 is 2.56 bits per heavy atom. The summed E-state index contributed by atoms with van der Waals surface area (Å²) in [5.41, 5.74) is 0.941. The van der Waals surface area contributed by atoms with Crippen molar-refractivity contribution >= 4 is 28.9 Å². The summed E-state index contributed by atoms with van der Waals surface area (Å²) in [7, 11) is 0. The van der Waals surface area contributed by atoms with Crippen LogP contribution in [0.3, 0.4) is 0 Å². The molecule has 0 radical (unpaired) electrons. The van der Waals surface area contributed by atoms with Gasteiger partial charge in [0.15, 0.2) is 4.71 Å². The molecule has 2 heterocycles. The van der Waals surface area contributed by atoms with Gasteiger partial charge in [0.1, 0.15) is 11.1 Å². The van der Waals surface area contributed by atoms with Crippen LogP contribution in [0.5, 0.6) is 0 Å². The summed E-state index contributed by atoms with van der Waals surface area (Å²) in [5.74, 6) is -3.03. The fourth-order valence-corrected chi connectivity index (χ4v) is 3.30. The maximum Gasteiger partial charge on any atom is 0.297 e. The number of rotatable bonds is 1. The van der Waals surface area contributed by atoms with Crippen LogP contribution in [0.1, 0.15) is 30.5 Å². The molecule has 1 aromatic heterocycles. The van der Waals surface area contributed by atoms with Gasteiger partial charge in [-0.1, -0.05) is 24.3 Å². The first-order valence-corrected chi connectivity index (χ1v) is 8.32. The van der Waals surface area contributed by atoms with Crippen LogP contribution in [-0.4, -0.2) is 11.3 Å². The van der Waals surface area contributed by atoms with Crippen molar-refractivity contribution in [3.63, 3.8) is 0 Å². The summed E-state index contributed by atoms with van der Waals surface area (Å²) in [6.07, 6.45) is 0. The van der Waals surface area contributed by atoms with E-state index < -0.39 is 11.5 Å². The van der Waals surface area contributed by atoms with Crippen molar-refractivity contribution in [1.82, 2.24) is 0 Å². The normalized spacial score (nSPS) is 17.8. The quantitative estimate of drug-likeness (QED) is 0.509. The van der Waals surface area contributed by atoms with Crippen LogP contribution in [0, 0.1) is 4.71 Å². The van der Waals surface area contributed by atoms with Crippen molar-refractivity contribution < 1.29 is 13.2 Å². The Hall–Kier alpha value is -2.40. The summed E-state index contributed by atoms with van der Waals surface area (Å²) >= 11 is 5.03. The number of fused-ring (bicyclic) bond motifs is 2. The number of alkyl halides is 2. The number of benzene rings is 2. The Balaban J connectivity index is 1.97. The van der Waals surface area contributed by atoms with Crippen molar-refractivity contribution in [2.75, 3.05) is 0 Å². The molecule has 0 spiro atoms. The van der Waals surface area contributed by atoms with Crippen LogP contribution in [-0.2, 0) is 5.92 Å². The SMILES string of the molecule is CC1(C)N=C(c2ccc3oc(=S)ccc3c2)c2ccccc2C1(F)F. The van der Waals surface area contributed by atoms with E-state index in [1.54, 1.807) is 30.3 Å². The van der Waals surface area contributed by atoms with Gasteiger partial charge in [0.25, 0.3) is 5.92 Å². The summed E-state index contributed by atoms with van der Waals surface area (Å²) < 4.78 is 35.6. The highest BCUT2D eigenvalue weighted by Crippen LogP contribution is 2.46. The molecule has 3 aromatic rings. The first-order valence-electron chi connectivity index (χ1n) is 7.91. The first kappa shape index (κ1) is 16.1. The van der Waals surface area contributed by atoms with Gasteiger partial charge in [-0.25, -0.2) is 0 Å². The molecule has 0 bridgehead atoms. The molecule has 4 rings (SSSR count). The third-order valence-electron chi connectivity index (χ3n) is 4.57. The average Bonchev–Trinajstić information content (AvgIpc) is 2.58. The molecular weight excluding hydrogens is 340 g/mol. The van der Waals surface area contributed by atoms with Gasteiger partial charge in [-0.3, -0.25) is 4.99 Å². The second-order valence-electron chi connectivity index (χ2n) is 6.65. The van der Waals surface area contributed by atoms with Crippen molar-refractivity contribution in [2.45, 2.75) is 25.3 Å². The molecule has 25 heavy (non-hydrogen) atoms. The predicted molar refractivity (Wildman–Crippen MR) is 97.1 cm³/mol. The summed E-state index contributed by atoms with van der Waals surface area (Å²) in [6, 6.07) is 15.6. The minimum Gasteiger partial charge on any atom is -0.445 e. The van der Waals surface area contributed by atoms with E-state index in [2.05, 4.69) is 4.99 Å². The molecule has 0 fully saturated rings. The molecular formula is C20H15F2NOS. The molecule has 0 saturated heterocycles. The third kappa shape index (κ3) is 2.42. The molecule has 0 amide bonds. The Bertz CT molecular complexity index is 1080. The highest BCUT2D eigenvalue weighted by molar-refractivity contribution is 7.71. The standard InChI is InChI=1S/C20H15F2NOS/c1-19(2)20(21,22)15-6-4-3-5-14(15)18(23-19)13-7-9-16-12(11-13)8-10-17(25)24-16/h3-11H,1-2H3. The zero-order valence-corrected chi connectivity index (χ0v) is 14.5. The monoisotopic (exact) mass is 355 g/mol. The van der Waals surface area contributed by atoms with E-state index in [1.807, 2.05) is 18.2 Å². The molecule has 0 aliphatic carbocycles. The van der Waals surface area contributed by atoms with Gasteiger partial charge >= 0.3 is 0 Å². The van der Waals surface area contributed by atoms with Gasteiger partial charge in [0.2, 0.25) is 0 Å². The minimum absolute atomic E-state index is 0.00990. The smallest absolute Gasteiger partial charge is 0.297 e. The number of halogens is 2. The highest BCUT2D eigenvalue weighted by Gasteiger charge is 2.52. The lowest BCUT2D eigenvalue weighted by Crippen LogP contribution is -2.44. The van der Waals surface area contributed by atoms with Crippen molar-refractivity contribution in [1.29, 1.82) is 0 Å². The maximum absolute atomic E-state index is 14.8. The lowest BCUT2D eigenvalue weighted by molar-refractivity contribution is -0.0681. The summed E-state index contributed by atoms with van der Waals surface area (Å²) in [4.78, 5) is 4.42. The molecule has 2 nitrogen and oxygen atoms in total. The Morgan fingerprint density at radius 1 is 1.00 bits per heavy atom. The van der Waals surface area contributed by atoms with E-state index in [4.69, 9.17) is 16.6 Å². The van der Waals surface area contributed by atoms with Crippen LogP contribution in [0.4, 0.5) is 8.78 Å². The van der Waals surface area contributed by atoms with Crippen LogP contribution in [0.2, 0.25) is 0 Å². The molecule has 0 N–H and O–H groups in total. The molecule has 2 aromatic carbocycles. The third-order valence-corrected chi connectivity index (χ3v) is 4.79. The van der Waals surface area contributed by atoms with E-state index in [0.717, 1.165) is 10.9 Å². The second kappa shape index (κ2) is 5.30. The van der Waals surface area contributed by atoms with Crippen LogP contribution >= 0.6 is 12.2 Å². The molecule has 0 atom stereocenters. The zero-order valence-electron chi connectivity index (χ0n) is 13.7. The van der Waals surface area contributed by atoms with Gasteiger partial charge in [0, 0.05) is 22.1 Å². The number of aliphatic imine (C=N–C) groups is 1. The fourth-order valence-electron chi connectivity index (χ4n) is 3.14. The van der Waals surface area contributed by atoms with Crippen LogP contribution in [0.25, 0.3) is 11.0 Å². The largest absolute Gasteiger partial charge is 0.445 e. The van der Waals surface area contributed by atoms with Gasteiger partial charge < -0.3 is 4.42 Å². The first-order chi connectivity index (χ1) is 11.8. The van der Waals surface area contributed by atoms with Gasteiger partial charge in [-0.2, -0.15) is 8.78 Å². The van der Waals surface area contributed by atoms with Gasteiger partial charge in [-0.15, -0.1) is 0 Å². The average molecular weight is 355 g/mol. The van der Waals surface area contributed by atoms with Crippen molar-refractivity contribution in [3.05, 3.63) is 76.0 Å². The van der Waals surface area contributed by atoms with E-state index in [1.165, 1.54) is 19.9 Å². The van der Waals surface area contributed by atoms with Crippen molar-refractivity contribution in [2.24, 2.45) is 4.99 Å². The number of nitrogens with zero attached hydrogens (tertiary/aromatic N) is 1. The molecule has 0 saturated carbocycles. The Kier molecular flexibility index (Phi) is 3.41. The topological polar surface area (TPSA) is 25.5 Å². The van der Waals surface area contributed by atoms with Crippen LogP contribution in [0.15, 0.2) is 64.0 Å². The Labute approximate surface area is 148 Å². The van der Waals surface area contributed by atoms with E-state index in [-0.39, 0.29) is 5.56 Å². The molecule has 1 aliphatic rings. The number of hydrogen-bond donors (Lipinski definition) is 0. The van der Waals surface area contributed by atoms with Crippen LogP contribution < -0.4 is 0 Å². The highest BCUT2D eigenvalue weighted by atomic mass is 32.1. The minimum atomic E-state index is -3.03. The Morgan fingerprint density at radius 2 is 1.76 bits per heavy atom. The maximum atomic E-state index is 14.8.